The van der Waals surface area contributed by atoms with Gasteiger partial charge in [-0.2, -0.15) is 0 Å². The molecule has 1 N–H and O–H groups in total. The summed E-state index contributed by atoms with van der Waals surface area (Å²) in [6.07, 6.45) is 8.26. The topological polar surface area (TPSA) is 12.0 Å². The first-order valence-corrected chi connectivity index (χ1v) is 8.64. The van der Waals surface area contributed by atoms with Crippen LogP contribution in [0.4, 0.5) is 0 Å². The van der Waals surface area contributed by atoms with Crippen LogP contribution in [-0.2, 0) is 6.42 Å². The maximum Gasteiger partial charge on any atom is 0.0348 e. The van der Waals surface area contributed by atoms with Gasteiger partial charge in [-0.05, 0) is 67.5 Å². The summed E-state index contributed by atoms with van der Waals surface area (Å²) in [6, 6.07) is 10.0. The number of nitrogens with one attached hydrogen (secondary N) is 1. The molecule has 0 radical (unpaired) electrons. The third kappa shape index (κ3) is 3.09. The SMILES string of the molecule is CCCCc1ccc(C(NCC)C2CC3CC3C2)cc1. The molecule has 3 rings (SSSR count). The molecule has 2 fully saturated rings. The fourth-order valence-electron chi connectivity index (χ4n) is 4.08. The van der Waals surface area contributed by atoms with E-state index in [-0.39, 0.29) is 0 Å². The Morgan fingerprint density at radius 3 is 2.35 bits per heavy atom. The van der Waals surface area contributed by atoms with Gasteiger partial charge in [0.15, 0.2) is 0 Å². The number of fused-ring (bicyclic) bond motifs is 1. The number of hydrogen-bond acceptors (Lipinski definition) is 1. The highest BCUT2D eigenvalue weighted by atomic mass is 14.9. The Morgan fingerprint density at radius 2 is 1.75 bits per heavy atom. The van der Waals surface area contributed by atoms with Crippen LogP contribution >= 0.6 is 0 Å². The number of rotatable bonds is 7. The Hall–Kier alpha value is -0.820. The second kappa shape index (κ2) is 6.30. The summed E-state index contributed by atoms with van der Waals surface area (Å²) in [5.74, 6) is 3.02. The number of benzene rings is 1. The van der Waals surface area contributed by atoms with Gasteiger partial charge in [-0.1, -0.05) is 44.5 Å². The van der Waals surface area contributed by atoms with E-state index in [9.17, 15) is 0 Å². The summed E-state index contributed by atoms with van der Waals surface area (Å²) < 4.78 is 0. The highest BCUT2D eigenvalue weighted by Gasteiger charge is 2.47. The van der Waals surface area contributed by atoms with Crippen LogP contribution in [0.5, 0.6) is 0 Å². The molecule has 0 aliphatic heterocycles. The van der Waals surface area contributed by atoms with E-state index in [2.05, 4.69) is 43.4 Å². The van der Waals surface area contributed by atoms with Crippen LogP contribution in [0.25, 0.3) is 0 Å². The van der Waals surface area contributed by atoms with Gasteiger partial charge in [-0.25, -0.2) is 0 Å². The van der Waals surface area contributed by atoms with Crippen molar-refractivity contribution in [2.24, 2.45) is 17.8 Å². The molecule has 2 saturated carbocycles. The van der Waals surface area contributed by atoms with Gasteiger partial charge >= 0.3 is 0 Å². The molecule has 0 heterocycles. The van der Waals surface area contributed by atoms with Crippen molar-refractivity contribution in [2.75, 3.05) is 6.54 Å². The van der Waals surface area contributed by atoms with Crippen molar-refractivity contribution in [3.05, 3.63) is 35.4 Å². The van der Waals surface area contributed by atoms with Gasteiger partial charge in [0.25, 0.3) is 0 Å². The fourth-order valence-corrected chi connectivity index (χ4v) is 4.08. The van der Waals surface area contributed by atoms with E-state index in [0.717, 1.165) is 24.3 Å². The first kappa shape index (κ1) is 14.1. The molecule has 2 aliphatic carbocycles. The van der Waals surface area contributed by atoms with Gasteiger partial charge in [0, 0.05) is 6.04 Å². The molecule has 1 heteroatoms. The summed E-state index contributed by atoms with van der Waals surface area (Å²) in [6.45, 7) is 5.58. The lowest BCUT2D eigenvalue weighted by Crippen LogP contribution is -2.27. The van der Waals surface area contributed by atoms with E-state index in [1.807, 2.05) is 0 Å². The van der Waals surface area contributed by atoms with Crippen LogP contribution in [0.2, 0.25) is 0 Å². The van der Waals surface area contributed by atoms with Gasteiger partial charge in [-0.3, -0.25) is 0 Å². The summed E-state index contributed by atoms with van der Waals surface area (Å²) in [5.41, 5.74) is 3.01. The maximum absolute atomic E-state index is 3.74. The summed E-state index contributed by atoms with van der Waals surface area (Å²) in [4.78, 5) is 0. The molecule has 0 aromatic heterocycles. The summed E-state index contributed by atoms with van der Waals surface area (Å²) >= 11 is 0. The minimum atomic E-state index is 0.591. The summed E-state index contributed by atoms with van der Waals surface area (Å²) in [7, 11) is 0. The second-order valence-electron chi connectivity index (χ2n) is 6.87. The van der Waals surface area contributed by atoms with E-state index in [1.165, 1.54) is 49.7 Å². The Balaban J connectivity index is 1.67. The minimum absolute atomic E-state index is 0.591. The van der Waals surface area contributed by atoms with Crippen molar-refractivity contribution in [2.45, 2.75) is 58.4 Å². The Kier molecular flexibility index (Phi) is 4.45. The molecule has 3 unspecified atom stereocenters. The number of unbranched alkanes of at least 4 members (excludes halogenated alkanes) is 1. The second-order valence-corrected chi connectivity index (χ2v) is 6.87. The standard InChI is InChI=1S/C19H29N/c1-3-5-6-14-7-9-15(10-8-14)19(20-4-2)18-12-16-11-17(16)13-18/h7-10,16-20H,3-6,11-13H2,1-2H3. The minimum Gasteiger partial charge on any atom is -0.310 e. The van der Waals surface area contributed by atoms with E-state index in [0.29, 0.717) is 6.04 Å². The molecular formula is C19H29N. The Bertz CT molecular complexity index is 412. The molecule has 0 spiro atoms. The first-order valence-electron chi connectivity index (χ1n) is 8.64. The van der Waals surface area contributed by atoms with E-state index < -0.39 is 0 Å². The average Bonchev–Trinajstić information content (AvgIpc) is 3.09. The van der Waals surface area contributed by atoms with Gasteiger partial charge in [0.05, 0.1) is 0 Å². The molecule has 20 heavy (non-hydrogen) atoms. The first-order chi connectivity index (χ1) is 9.81. The highest BCUT2D eigenvalue weighted by molar-refractivity contribution is 5.26. The molecule has 1 aromatic carbocycles. The Morgan fingerprint density at radius 1 is 1.05 bits per heavy atom. The van der Waals surface area contributed by atoms with Crippen molar-refractivity contribution in [3.63, 3.8) is 0 Å². The van der Waals surface area contributed by atoms with Gasteiger partial charge in [0.2, 0.25) is 0 Å². The molecule has 1 nitrogen and oxygen atoms in total. The molecular weight excluding hydrogens is 242 g/mol. The van der Waals surface area contributed by atoms with E-state index >= 15 is 0 Å². The third-order valence-corrected chi connectivity index (χ3v) is 5.33. The largest absolute Gasteiger partial charge is 0.310 e. The van der Waals surface area contributed by atoms with Crippen LogP contribution in [0.15, 0.2) is 24.3 Å². The fraction of sp³-hybridized carbons (Fsp3) is 0.684. The molecule has 110 valence electrons. The lowest BCUT2D eigenvalue weighted by atomic mass is 9.88. The molecule has 2 aliphatic rings. The van der Waals surface area contributed by atoms with Crippen LogP contribution < -0.4 is 5.32 Å². The zero-order valence-electron chi connectivity index (χ0n) is 13.1. The lowest BCUT2D eigenvalue weighted by Gasteiger charge is -2.26. The summed E-state index contributed by atoms with van der Waals surface area (Å²) in [5, 5.41) is 3.74. The van der Waals surface area contributed by atoms with Crippen LogP contribution in [0, 0.1) is 17.8 Å². The van der Waals surface area contributed by atoms with Crippen molar-refractivity contribution in [1.29, 1.82) is 0 Å². The molecule has 1 aromatic rings. The maximum atomic E-state index is 3.74. The van der Waals surface area contributed by atoms with Crippen molar-refractivity contribution < 1.29 is 0 Å². The van der Waals surface area contributed by atoms with Gasteiger partial charge < -0.3 is 5.32 Å². The van der Waals surface area contributed by atoms with Crippen molar-refractivity contribution >= 4 is 0 Å². The molecule has 0 saturated heterocycles. The van der Waals surface area contributed by atoms with E-state index in [1.54, 1.807) is 0 Å². The zero-order chi connectivity index (χ0) is 13.9. The highest BCUT2D eigenvalue weighted by Crippen LogP contribution is 2.57. The smallest absolute Gasteiger partial charge is 0.0348 e. The molecule has 0 bridgehead atoms. The predicted octanol–water partition coefficient (Wildman–Crippen LogP) is 4.73. The quantitative estimate of drug-likeness (QED) is 0.756. The zero-order valence-corrected chi connectivity index (χ0v) is 13.1. The number of aryl methyl sites for hydroxylation is 1. The van der Waals surface area contributed by atoms with E-state index in [4.69, 9.17) is 0 Å². The lowest BCUT2D eigenvalue weighted by molar-refractivity contribution is 0.346. The van der Waals surface area contributed by atoms with Gasteiger partial charge in [0.1, 0.15) is 0 Å². The molecule has 0 amide bonds. The van der Waals surface area contributed by atoms with Crippen LogP contribution in [0.1, 0.15) is 63.1 Å². The van der Waals surface area contributed by atoms with Crippen LogP contribution in [0.3, 0.4) is 0 Å². The monoisotopic (exact) mass is 271 g/mol. The third-order valence-electron chi connectivity index (χ3n) is 5.33. The van der Waals surface area contributed by atoms with Gasteiger partial charge in [-0.15, -0.1) is 0 Å². The molecule has 3 atom stereocenters. The van der Waals surface area contributed by atoms with Crippen molar-refractivity contribution in [3.8, 4) is 0 Å². The van der Waals surface area contributed by atoms with Crippen molar-refractivity contribution in [1.82, 2.24) is 5.32 Å². The average molecular weight is 271 g/mol. The Labute approximate surface area is 124 Å². The number of hydrogen-bond donors (Lipinski definition) is 1. The normalized spacial score (nSPS) is 29.2. The van der Waals surface area contributed by atoms with Crippen LogP contribution in [-0.4, -0.2) is 6.54 Å². The predicted molar refractivity (Wildman–Crippen MR) is 85.8 cm³/mol.